The molecule has 1 aromatic carbocycles. The summed E-state index contributed by atoms with van der Waals surface area (Å²) in [5, 5.41) is 5.57. The minimum absolute atomic E-state index is 0.0235. The van der Waals surface area contributed by atoms with Crippen LogP contribution in [-0.2, 0) is 13.0 Å². The second-order valence-corrected chi connectivity index (χ2v) is 8.96. The molecule has 160 valence electrons. The van der Waals surface area contributed by atoms with Crippen molar-refractivity contribution in [3.63, 3.8) is 0 Å². The van der Waals surface area contributed by atoms with E-state index in [4.69, 9.17) is 0 Å². The molecule has 30 heavy (non-hydrogen) atoms. The monoisotopic (exact) mass is 426 g/mol. The number of imidazole rings is 1. The van der Waals surface area contributed by atoms with Gasteiger partial charge in [0.15, 0.2) is 10.7 Å². The highest BCUT2D eigenvalue weighted by Crippen LogP contribution is 2.20. The number of hydrogen-bond donors (Lipinski definition) is 3. The van der Waals surface area contributed by atoms with Crippen molar-refractivity contribution in [1.82, 2.24) is 30.5 Å². The lowest BCUT2D eigenvalue weighted by molar-refractivity contribution is 0.0790. The number of nitrogens with one attached hydrogen (secondary N) is 3. The minimum atomic E-state index is -0.0235. The van der Waals surface area contributed by atoms with Gasteiger partial charge in [-0.25, -0.2) is 4.98 Å². The van der Waals surface area contributed by atoms with Crippen molar-refractivity contribution in [1.29, 1.82) is 0 Å². The molecular weight excluding hydrogens is 396 g/mol. The van der Waals surface area contributed by atoms with Gasteiger partial charge < -0.3 is 10.2 Å². The quantitative estimate of drug-likeness (QED) is 0.516. The smallest absolute Gasteiger partial charge is 0.274 e. The number of fused-ring (bicyclic) bond motifs is 1. The van der Waals surface area contributed by atoms with Crippen molar-refractivity contribution in [2.45, 2.75) is 38.9 Å². The SMILES string of the molecule is CC1NNC(C)C1CNCc1c(C(=O)N(C)CCc2ccccc2)nc2sccn12. The number of rotatable bonds is 8. The van der Waals surface area contributed by atoms with Gasteiger partial charge in [0, 0.05) is 56.3 Å². The highest BCUT2D eigenvalue weighted by atomic mass is 32.1. The van der Waals surface area contributed by atoms with Crippen LogP contribution in [0.4, 0.5) is 0 Å². The molecule has 1 aliphatic rings. The molecule has 1 amide bonds. The predicted octanol–water partition coefficient (Wildman–Crippen LogP) is 2.30. The molecule has 8 heteroatoms. The van der Waals surface area contributed by atoms with Crippen LogP contribution in [0.3, 0.4) is 0 Å². The number of benzene rings is 1. The second-order valence-electron chi connectivity index (χ2n) is 8.09. The normalized spacial score (nSPS) is 21.4. The van der Waals surface area contributed by atoms with E-state index < -0.39 is 0 Å². The van der Waals surface area contributed by atoms with Gasteiger partial charge >= 0.3 is 0 Å². The van der Waals surface area contributed by atoms with Gasteiger partial charge in [-0.2, -0.15) is 0 Å². The summed E-state index contributed by atoms with van der Waals surface area (Å²) < 4.78 is 2.04. The van der Waals surface area contributed by atoms with Gasteiger partial charge in [0.2, 0.25) is 0 Å². The first-order valence-electron chi connectivity index (χ1n) is 10.5. The Morgan fingerprint density at radius 3 is 2.70 bits per heavy atom. The van der Waals surface area contributed by atoms with Crippen molar-refractivity contribution in [2.24, 2.45) is 5.92 Å². The van der Waals surface area contributed by atoms with Crippen LogP contribution >= 0.6 is 11.3 Å². The van der Waals surface area contributed by atoms with Gasteiger partial charge in [0.1, 0.15) is 0 Å². The number of carbonyl (C=O) groups excluding carboxylic acids is 1. The number of hydrogen-bond acceptors (Lipinski definition) is 6. The molecule has 3 N–H and O–H groups in total. The minimum Gasteiger partial charge on any atom is -0.340 e. The molecule has 7 nitrogen and oxygen atoms in total. The van der Waals surface area contributed by atoms with Gasteiger partial charge in [-0.05, 0) is 25.8 Å². The van der Waals surface area contributed by atoms with E-state index >= 15 is 0 Å². The molecule has 2 atom stereocenters. The van der Waals surface area contributed by atoms with Crippen molar-refractivity contribution in [3.05, 3.63) is 58.9 Å². The molecule has 0 spiro atoms. The van der Waals surface area contributed by atoms with Crippen molar-refractivity contribution in [3.8, 4) is 0 Å². The molecular formula is C22H30N6OS. The van der Waals surface area contributed by atoms with E-state index in [-0.39, 0.29) is 5.91 Å². The summed E-state index contributed by atoms with van der Waals surface area (Å²) in [4.78, 5) is 20.5. The molecule has 0 aliphatic carbocycles. The molecule has 0 bridgehead atoms. The predicted molar refractivity (Wildman–Crippen MR) is 121 cm³/mol. The maximum Gasteiger partial charge on any atom is 0.274 e. The first-order valence-corrected chi connectivity index (χ1v) is 11.4. The van der Waals surface area contributed by atoms with Gasteiger partial charge in [0.25, 0.3) is 5.91 Å². The van der Waals surface area contributed by atoms with Crippen LogP contribution in [0, 0.1) is 5.92 Å². The molecule has 1 aliphatic heterocycles. The number of aromatic nitrogens is 2. The van der Waals surface area contributed by atoms with Crippen molar-refractivity contribution in [2.75, 3.05) is 20.1 Å². The summed E-state index contributed by atoms with van der Waals surface area (Å²) in [7, 11) is 1.86. The summed E-state index contributed by atoms with van der Waals surface area (Å²) >= 11 is 1.55. The van der Waals surface area contributed by atoms with Crippen LogP contribution in [-0.4, -0.2) is 52.4 Å². The van der Waals surface area contributed by atoms with Crippen molar-refractivity contribution < 1.29 is 4.79 Å². The number of hydrazine groups is 1. The summed E-state index contributed by atoms with van der Waals surface area (Å²) in [6, 6.07) is 11.1. The van der Waals surface area contributed by atoms with Crippen LogP contribution in [0.2, 0.25) is 0 Å². The van der Waals surface area contributed by atoms with E-state index in [0.717, 1.165) is 23.6 Å². The van der Waals surface area contributed by atoms with E-state index in [2.05, 4.69) is 47.1 Å². The first kappa shape index (κ1) is 21.0. The fraction of sp³-hybridized carbons (Fsp3) is 0.455. The summed E-state index contributed by atoms with van der Waals surface area (Å²) in [5.74, 6) is 0.466. The Hall–Kier alpha value is -2.26. The first-order chi connectivity index (χ1) is 14.5. The molecule has 2 aromatic heterocycles. The van der Waals surface area contributed by atoms with Crippen LogP contribution in [0.1, 0.15) is 35.6 Å². The Labute approximate surface area is 181 Å². The lowest BCUT2D eigenvalue weighted by Crippen LogP contribution is -2.35. The second kappa shape index (κ2) is 9.26. The average Bonchev–Trinajstić information content (AvgIpc) is 3.43. The number of carbonyl (C=O) groups is 1. The molecule has 4 rings (SSSR count). The molecule has 1 fully saturated rings. The number of likely N-dealkylation sites (N-methyl/N-ethyl adjacent to an activating group) is 1. The third kappa shape index (κ3) is 4.41. The van der Waals surface area contributed by atoms with Gasteiger partial charge in [-0.1, -0.05) is 30.3 Å². The molecule has 1 saturated heterocycles. The Balaban J connectivity index is 1.44. The van der Waals surface area contributed by atoms with Crippen LogP contribution < -0.4 is 16.2 Å². The van der Waals surface area contributed by atoms with Gasteiger partial charge in [0.05, 0.1) is 5.69 Å². The Morgan fingerprint density at radius 1 is 1.23 bits per heavy atom. The third-order valence-electron chi connectivity index (χ3n) is 5.98. The maximum absolute atomic E-state index is 13.2. The van der Waals surface area contributed by atoms with Gasteiger partial charge in [-0.15, -0.1) is 11.3 Å². The molecule has 0 saturated carbocycles. The van der Waals surface area contributed by atoms with Gasteiger partial charge in [-0.3, -0.25) is 20.0 Å². The zero-order valence-corrected chi connectivity index (χ0v) is 18.6. The van der Waals surface area contributed by atoms with E-state index in [1.54, 1.807) is 16.2 Å². The van der Waals surface area contributed by atoms with Crippen LogP contribution in [0.25, 0.3) is 4.96 Å². The largest absolute Gasteiger partial charge is 0.340 e. The Kier molecular flexibility index (Phi) is 6.48. The zero-order chi connectivity index (χ0) is 21.1. The third-order valence-corrected chi connectivity index (χ3v) is 6.74. The Bertz CT molecular complexity index is 974. The van der Waals surface area contributed by atoms with Crippen LogP contribution in [0.15, 0.2) is 41.9 Å². The summed E-state index contributed by atoms with van der Waals surface area (Å²) in [5.41, 5.74) is 9.30. The highest BCUT2D eigenvalue weighted by molar-refractivity contribution is 7.15. The molecule has 3 aromatic rings. The van der Waals surface area contributed by atoms with E-state index in [9.17, 15) is 4.79 Å². The van der Waals surface area contributed by atoms with Crippen molar-refractivity contribution >= 4 is 22.2 Å². The maximum atomic E-state index is 13.2. The number of amides is 1. The topological polar surface area (TPSA) is 73.7 Å². The lowest BCUT2D eigenvalue weighted by Gasteiger charge is -2.19. The van der Waals surface area contributed by atoms with E-state index in [1.165, 1.54) is 5.56 Å². The Morgan fingerprint density at radius 2 is 1.97 bits per heavy atom. The van der Waals surface area contributed by atoms with E-state index in [0.29, 0.717) is 36.8 Å². The fourth-order valence-electron chi connectivity index (χ4n) is 4.02. The van der Waals surface area contributed by atoms with E-state index in [1.807, 2.05) is 41.2 Å². The molecule has 3 heterocycles. The van der Waals surface area contributed by atoms with Crippen LogP contribution in [0.5, 0.6) is 0 Å². The summed E-state index contributed by atoms with van der Waals surface area (Å²) in [6.45, 7) is 6.53. The standard InChI is InChI=1S/C22H30N6OS/c1-15-18(16(2)26-25-15)13-23-14-19-20(24-22-28(19)11-12-30-22)21(29)27(3)10-9-17-7-5-4-6-8-17/h4-8,11-12,15-16,18,23,25-26H,9-10,13-14H2,1-3H3. The summed E-state index contributed by atoms with van der Waals surface area (Å²) in [6.07, 6.45) is 2.82. The zero-order valence-electron chi connectivity index (χ0n) is 17.8. The number of thiazole rings is 1. The molecule has 0 radical (unpaired) electrons. The lowest BCUT2D eigenvalue weighted by atomic mass is 9.97. The highest BCUT2D eigenvalue weighted by Gasteiger charge is 2.29. The number of nitrogens with zero attached hydrogens (tertiary/aromatic N) is 3. The average molecular weight is 427 g/mol. The fourth-order valence-corrected chi connectivity index (χ4v) is 4.75. The molecule has 2 unspecified atom stereocenters.